The third kappa shape index (κ3) is 2.27. The third-order valence-electron chi connectivity index (χ3n) is 4.38. The molecule has 0 amide bonds. The summed E-state index contributed by atoms with van der Waals surface area (Å²) < 4.78 is 11.0. The minimum absolute atomic E-state index is 0.274. The van der Waals surface area contributed by atoms with E-state index in [0.717, 1.165) is 25.9 Å². The highest BCUT2D eigenvalue weighted by Crippen LogP contribution is 2.42. The number of ether oxygens (including phenoxy) is 2. The van der Waals surface area contributed by atoms with Crippen molar-refractivity contribution >= 4 is 0 Å². The molecule has 1 aliphatic heterocycles. The monoisotopic (exact) mass is 227 g/mol. The summed E-state index contributed by atoms with van der Waals surface area (Å²) in [5, 5.41) is 3.78. The zero-order chi connectivity index (χ0) is 11.8. The third-order valence-corrected chi connectivity index (χ3v) is 4.38. The minimum atomic E-state index is 0.274. The molecule has 1 saturated heterocycles. The van der Waals surface area contributed by atoms with Crippen LogP contribution in [0.4, 0.5) is 0 Å². The molecule has 94 valence electrons. The molecule has 0 spiro atoms. The van der Waals surface area contributed by atoms with Crippen LogP contribution in [0.5, 0.6) is 0 Å². The first-order valence-corrected chi connectivity index (χ1v) is 6.44. The quantitative estimate of drug-likeness (QED) is 0.799. The van der Waals surface area contributed by atoms with E-state index in [4.69, 9.17) is 9.47 Å². The second kappa shape index (κ2) is 4.63. The standard InChI is InChI=1S/C13H25NO2/c1-9-7-10(5-6-16-9)14-11-8-12(15-4)13(11,2)3/h9-12,14H,5-8H2,1-4H3. The van der Waals surface area contributed by atoms with Crippen LogP contribution in [-0.2, 0) is 9.47 Å². The predicted molar refractivity (Wildman–Crippen MR) is 64.6 cm³/mol. The molecular weight excluding hydrogens is 202 g/mol. The molecule has 1 aliphatic carbocycles. The Bertz CT molecular complexity index is 242. The summed E-state index contributed by atoms with van der Waals surface area (Å²) in [4.78, 5) is 0. The van der Waals surface area contributed by atoms with Crippen molar-refractivity contribution in [2.24, 2.45) is 5.41 Å². The maximum absolute atomic E-state index is 5.57. The molecule has 0 bridgehead atoms. The lowest BCUT2D eigenvalue weighted by Crippen LogP contribution is -2.63. The Morgan fingerprint density at radius 1 is 1.31 bits per heavy atom. The molecule has 0 aromatic rings. The van der Waals surface area contributed by atoms with Crippen molar-refractivity contribution in [1.29, 1.82) is 0 Å². The summed E-state index contributed by atoms with van der Waals surface area (Å²) in [7, 11) is 1.82. The van der Waals surface area contributed by atoms with Gasteiger partial charge in [0.25, 0.3) is 0 Å². The van der Waals surface area contributed by atoms with E-state index >= 15 is 0 Å². The average Bonchev–Trinajstić information content (AvgIpc) is 2.23. The number of hydrogen-bond acceptors (Lipinski definition) is 3. The number of methoxy groups -OCH3 is 1. The molecule has 2 aliphatic rings. The highest BCUT2D eigenvalue weighted by atomic mass is 16.5. The molecule has 2 rings (SSSR count). The summed E-state index contributed by atoms with van der Waals surface area (Å²) in [5.74, 6) is 0. The lowest BCUT2D eigenvalue weighted by molar-refractivity contribution is -0.105. The zero-order valence-electron chi connectivity index (χ0n) is 11.0. The molecule has 2 fully saturated rings. The van der Waals surface area contributed by atoms with Gasteiger partial charge in [0.15, 0.2) is 0 Å². The van der Waals surface area contributed by atoms with E-state index < -0.39 is 0 Å². The van der Waals surface area contributed by atoms with Gasteiger partial charge in [0.2, 0.25) is 0 Å². The Hall–Kier alpha value is -0.120. The summed E-state index contributed by atoms with van der Waals surface area (Å²) in [5.41, 5.74) is 0.274. The van der Waals surface area contributed by atoms with Gasteiger partial charge in [-0.1, -0.05) is 13.8 Å². The van der Waals surface area contributed by atoms with E-state index in [-0.39, 0.29) is 5.41 Å². The first kappa shape index (κ1) is 12.3. The molecule has 3 nitrogen and oxygen atoms in total. The Labute approximate surface area is 98.9 Å². The van der Waals surface area contributed by atoms with Crippen LogP contribution < -0.4 is 5.32 Å². The zero-order valence-corrected chi connectivity index (χ0v) is 11.0. The van der Waals surface area contributed by atoms with Crippen molar-refractivity contribution in [3.8, 4) is 0 Å². The normalized spacial score (nSPS) is 42.8. The van der Waals surface area contributed by atoms with Crippen molar-refractivity contribution in [2.45, 2.75) is 64.3 Å². The van der Waals surface area contributed by atoms with Crippen molar-refractivity contribution < 1.29 is 9.47 Å². The van der Waals surface area contributed by atoms with Gasteiger partial charge < -0.3 is 14.8 Å². The number of nitrogens with one attached hydrogen (secondary N) is 1. The van der Waals surface area contributed by atoms with Gasteiger partial charge in [-0.05, 0) is 26.2 Å². The lowest BCUT2D eigenvalue weighted by atomic mass is 9.64. The summed E-state index contributed by atoms with van der Waals surface area (Å²) >= 11 is 0. The second-order valence-corrected chi connectivity index (χ2v) is 5.90. The molecule has 1 N–H and O–H groups in total. The van der Waals surface area contributed by atoms with E-state index in [1.807, 2.05) is 7.11 Å². The molecule has 3 heteroatoms. The molecule has 4 atom stereocenters. The highest BCUT2D eigenvalue weighted by molar-refractivity contribution is 5.03. The van der Waals surface area contributed by atoms with E-state index in [0.29, 0.717) is 24.3 Å². The second-order valence-electron chi connectivity index (χ2n) is 5.90. The largest absolute Gasteiger partial charge is 0.381 e. The van der Waals surface area contributed by atoms with Gasteiger partial charge in [0.05, 0.1) is 12.2 Å². The maximum Gasteiger partial charge on any atom is 0.0652 e. The van der Waals surface area contributed by atoms with Gasteiger partial charge in [-0.3, -0.25) is 0 Å². The van der Waals surface area contributed by atoms with Crippen LogP contribution in [0.25, 0.3) is 0 Å². The molecule has 0 aromatic carbocycles. The van der Waals surface area contributed by atoms with Crippen molar-refractivity contribution in [2.75, 3.05) is 13.7 Å². The smallest absolute Gasteiger partial charge is 0.0652 e. The molecule has 1 saturated carbocycles. The van der Waals surface area contributed by atoms with Gasteiger partial charge in [-0.25, -0.2) is 0 Å². The lowest BCUT2D eigenvalue weighted by Gasteiger charge is -2.53. The van der Waals surface area contributed by atoms with Crippen LogP contribution in [0.2, 0.25) is 0 Å². The number of rotatable bonds is 3. The van der Waals surface area contributed by atoms with Crippen LogP contribution in [0.15, 0.2) is 0 Å². The van der Waals surface area contributed by atoms with Gasteiger partial charge in [-0.15, -0.1) is 0 Å². The van der Waals surface area contributed by atoms with Crippen LogP contribution in [0, 0.1) is 5.41 Å². The highest BCUT2D eigenvalue weighted by Gasteiger charge is 2.49. The van der Waals surface area contributed by atoms with Crippen LogP contribution in [0.1, 0.15) is 40.0 Å². The molecule has 1 heterocycles. The van der Waals surface area contributed by atoms with Crippen molar-refractivity contribution in [1.82, 2.24) is 5.32 Å². The van der Waals surface area contributed by atoms with Crippen LogP contribution in [0.3, 0.4) is 0 Å². The summed E-state index contributed by atoms with van der Waals surface area (Å²) in [6, 6.07) is 1.23. The molecule has 0 radical (unpaired) electrons. The fourth-order valence-corrected chi connectivity index (χ4v) is 3.00. The molecule has 0 aromatic heterocycles. The minimum Gasteiger partial charge on any atom is -0.381 e. The molecular formula is C13H25NO2. The van der Waals surface area contributed by atoms with Crippen molar-refractivity contribution in [3.63, 3.8) is 0 Å². The first-order valence-electron chi connectivity index (χ1n) is 6.44. The Balaban J connectivity index is 1.82. The van der Waals surface area contributed by atoms with Crippen LogP contribution >= 0.6 is 0 Å². The summed E-state index contributed by atoms with van der Waals surface area (Å²) in [6.07, 6.45) is 4.27. The number of hydrogen-bond donors (Lipinski definition) is 1. The van der Waals surface area contributed by atoms with Gasteiger partial charge in [0.1, 0.15) is 0 Å². The SMILES string of the molecule is COC1CC(NC2CCOC(C)C2)C1(C)C. The molecule has 16 heavy (non-hydrogen) atoms. The van der Waals surface area contributed by atoms with E-state index in [1.165, 1.54) is 0 Å². The fourth-order valence-electron chi connectivity index (χ4n) is 3.00. The van der Waals surface area contributed by atoms with E-state index in [1.54, 1.807) is 0 Å². The summed E-state index contributed by atoms with van der Waals surface area (Å²) in [6.45, 7) is 7.66. The fraction of sp³-hybridized carbons (Fsp3) is 1.00. The van der Waals surface area contributed by atoms with Gasteiger partial charge in [0, 0.05) is 31.2 Å². The predicted octanol–water partition coefficient (Wildman–Crippen LogP) is 1.96. The average molecular weight is 227 g/mol. The van der Waals surface area contributed by atoms with Gasteiger partial charge >= 0.3 is 0 Å². The maximum atomic E-state index is 5.57. The topological polar surface area (TPSA) is 30.5 Å². The van der Waals surface area contributed by atoms with Crippen LogP contribution in [-0.4, -0.2) is 38.0 Å². The Morgan fingerprint density at radius 2 is 2.06 bits per heavy atom. The van der Waals surface area contributed by atoms with E-state index in [2.05, 4.69) is 26.1 Å². The van der Waals surface area contributed by atoms with Gasteiger partial charge in [-0.2, -0.15) is 0 Å². The first-order chi connectivity index (χ1) is 7.54. The van der Waals surface area contributed by atoms with Crippen molar-refractivity contribution in [3.05, 3.63) is 0 Å². The Kier molecular flexibility index (Phi) is 3.57. The van der Waals surface area contributed by atoms with E-state index in [9.17, 15) is 0 Å². The Morgan fingerprint density at radius 3 is 2.62 bits per heavy atom. The molecule has 4 unspecified atom stereocenters.